The molecule has 2 unspecified atom stereocenters. The van der Waals surface area contributed by atoms with Gasteiger partial charge in [-0.2, -0.15) is 0 Å². The van der Waals surface area contributed by atoms with Crippen LogP contribution < -0.4 is 10.6 Å². The lowest BCUT2D eigenvalue weighted by Gasteiger charge is -2.23. The Morgan fingerprint density at radius 3 is 2.60 bits per heavy atom. The molecule has 0 aliphatic rings. The van der Waals surface area contributed by atoms with E-state index in [0.717, 1.165) is 4.47 Å². The molecule has 0 fully saturated rings. The van der Waals surface area contributed by atoms with Crippen molar-refractivity contribution in [1.29, 1.82) is 0 Å². The molecule has 0 spiro atoms. The van der Waals surface area contributed by atoms with Crippen LogP contribution in [-0.2, 0) is 4.74 Å². The fraction of sp³-hybridized carbons (Fsp3) is 0.643. The van der Waals surface area contributed by atoms with E-state index in [1.54, 1.807) is 11.3 Å². The molecular formula is C14H23BrN2O2S. The predicted octanol–water partition coefficient (Wildman–Crippen LogP) is 4.07. The molecule has 1 aromatic heterocycles. The third kappa shape index (κ3) is 6.24. The molecule has 0 bridgehead atoms. The first-order valence-corrected chi connectivity index (χ1v) is 8.32. The van der Waals surface area contributed by atoms with Gasteiger partial charge in [0.25, 0.3) is 0 Å². The van der Waals surface area contributed by atoms with Crippen LogP contribution in [-0.4, -0.2) is 24.3 Å². The summed E-state index contributed by atoms with van der Waals surface area (Å²) in [5.74, 6) is 0. The van der Waals surface area contributed by atoms with Crippen molar-refractivity contribution in [1.82, 2.24) is 10.6 Å². The normalized spacial score (nSPS) is 14.7. The van der Waals surface area contributed by atoms with E-state index in [9.17, 15) is 4.79 Å². The van der Waals surface area contributed by atoms with Crippen LogP contribution in [0.3, 0.4) is 0 Å². The Balaban J connectivity index is 2.35. The number of thiophene rings is 1. The van der Waals surface area contributed by atoms with E-state index in [-0.39, 0.29) is 18.2 Å². The zero-order valence-electron chi connectivity index (χ0n) is 12.6. The monoisotopic (exact) mass is 362 g/mol. The minimum absolute atomic E-state index is 0.00559. The van der Waals surface area contributed by atoms with Crippen molar-refractivity contribution in [2.75, 3.05) is 6.54 Å². The summed E-state index contributed by atoms with van der Waals surface area (Å²) in [6, 6.07) is 2.29. The maximum atomic E-state index is 11.6. The van der Waals surface area contributed by atoms with E-state index < -0.39 is 5.60 Å². The Morgan fingerprint density at radius 2 is 2.10 bits per heavy atom. The first kappa shape index (κ1) is 17.5. The summed E-state index contributed by atoms with van der Waals surface area (Å²) in [7, 11) is 0. The second-order valence-electron chi connectivity index (χ2n) is 5.81. The quantitative estimate of drug-likeness (QED) is 0.829. The van der Waals surface area contributed by atoms with Gasteiger partial charge in [0, 0.05) is 28.0 Å². The summed E-state index contributed by atoms with van der Waals surface area (Å²) in [5, 5.41) is 8.28. The Bertz CT molecular complexity index is 443. The van der Waals surface area contributed by atoms with E-state index in [1.165, 1.54) is 4.88 Å². The molecule has 1 amide bonds. The molecule has 6 heteroatoms. The van der Waals surface area contributed by atoms with Crippen LogP contribution in [0.2, 0.25) is 0 Å². The molecule has 0 radical (unpaired) electrons. The lowest BCUT2D eigenvalue weighted by molar-refractivity contribution is 0.0508. The zero-order valence-corrected chi connectivity index (χ0v) is 15.0. The van der Waals surface area contributed by atoms with Gasteiger partial charge in [0.15, 0.2) is 0 Å². The van der Waals surface area contributed by atoms with E-state index >= 15 is 0 Å². The van der Waals surface area contributed by atoms with Crippen molar-refractivity contribution in [2.24, 2.45) is 0 Å². The van der Waals surface area contributed by atoms with E-state index in [4.69, 9.17) is 4.74 Å². The minimum atomic E-state index is -0.466. The molecule has 0 aromatic carbocycles. The van der Waals surface area contributed by atoms with Gasteiger partial charge in [-0.25, -0.2) is 4.79 Å². The number of halogens is 1. The first-order valence-electron chi connectivity index (χ1n) is 6.65. The van der Waals surface area contributed by atoms with Crippen molar-refractivity contribution in [3.8, 4) is 0 Å². The SMILES string of the molecule is CC(CNC(C)c1sccc1Br)NC(=O)OC(C)(C)C. The molecular weight excluding hydrogens is 340 g/mol. The van der Waals surface area contributed by atoms with Crippen molar-refractivity contribution in [3.05, 3.63) is 20.8 Å². The largest absolute Gasteiger partial charge is 0.444 e. The van der Waals surface area contributed by atoms with Crippen LogP contribution in [0.5, 0.6) is 0 Å². The zero-order chi connectivity index (χ0) is 15.3. The molecule has 2 N–H and O–H groups in total. The van der Waals surface area contributed by atoms with Gasteiger partial charge in [-0.1, -0.05) is 0 Å². The molecule has 0 saturated carbocycles. The van der Waals surface area contributed by atoms with E-state index in [2.05, 4.69) is 38.9 Å². The Labute approximate surface area is 133 Å². The van der Waals surface area contributed by atoms with Crippen molar-refractivity contribution in [2.45, 2.75) is 52.3 Å². The Kier molecular flexibility index (Phi) is 6.48. The molecule has 114 valence electrons. The van der Waals surface area contributed by atoms with Crippen LogP contribution in [0.15, 0.2) is 15.9 Å². The molecule has 1 aromatic rings. The van der Waals surface area contributed by atoms with Gasteiger partial charge >= 0.3 is 6.09 Å². The van der Waals surface area contributed by atoms with Gasteiger partial charge in [-0.3, -0.25) is 0 Å². The summed E-state index contributed by atoms with van der Waals surface area (Å²) >= 11 is 5.24. The number of rotatable bonds is 5. The molecule has 1 heterocycles. The topological polar surface area (TPSA) is 50.4 Å². The highest BCUT2D eigenvalue weighted by molar-refractivity contribution is 9.10. The second-order valence-corrected chi connectivity index (χ2v) is 7.61. The molecule has 2 atom stereocenters. The van der Waals surface area contributed by atoms with Gasteiger partial charge in [0.2, 0.25) is 0 Å². The third-order valence-corrected chi connectivity index (χ3v) is 4.58. The molecule has 0 aliphatic carbocycles. The predicted molar refractivity (Wildman–Crippen MR) is 87.3 cm³/mol. The number of nitrogens with one attached hydrogen (secondary N) is 2. The summed E-state index contributed by atoms with van der Waals surface area (Å²) in [5.41, 5.74) is -0.466. The minimum Gasteiger partial charge on any atom is -0.444 e. The third-order valence-electron chi connectivity index (χ3n) is 2.53. The van der Waals surface area contributed by atoms with Crippen molar-refractivity contribution < 1.29 is 9.53 Å². The molecule has 0 aliphatic heterocycles. The summed E-state index contributed by atoms with van der Waals surface area (Å²) in [4.78, 5) is 12.9. The molecule has 4 nitrogen and oxygen atoms in total. The smallest absolute Gasteiger partial charge is 0.407 e. The summed E-state index contributed by atoms with van der Waals surface area (Å²) in [6.45, 7) is 10.3. The number of hydrogen-bond acceptors (Lipinski definition) is 4. The van der Waals surface area contributed by atoms with Crippen LogP contribution in [0.25, 0.3) is 0 Å². The van der Waals surface area contributed by atoms with Crippen LogP contribution >= 0.6 is 27.3 Å². The fourth-order valence-corrected chi connectivity index (χ4v) is 3.37. The van der Waals surface area contributed by atoms with Crippen LogP contribution in [0, 0.1) is 0 Å². The van der Waals surface area contributed by atoms with Gasteiger partial charge in [-0.15, -0.1) is 11.3 Å². The first-order chi connectivity index (χ1) is 9.19. The van der Waals surface area contributed by atoms with Crippen molar-refractivity contribution in [3.63, 3.8) is 0 Å². The number of carbonyl (C=O) groups excluding carboxylic acids is 1. The average Bonchev–Trinajstić information content (AvgIpc) is 2.69. The van der Waals surface area contributed by atoms with Gasteiger partial charge < -0.3 is 15.4 Å². The highest BCUT2D eigenvalue weighted by Gasteiger charge is 2.18. The lowest BCUT2D eigenvalue weighted by Crippen LogP contribution is -2.43. The lowest BCUT2D eigenvalue weighted by atomic mass is 10.2. The Morgan fingerprint density at radius 1 is 1.45 bits per heavy atom. The maximum absolute atomic E-state index is 11.6. The van der Waals surface area contributed by atoms with E-state index in [1.807, 2.05) is 33.8 Å². The number of ether oxygens (including phenoxy) is 1. The number of hydrogen-bond donors (Lipinski definition) is 2. The second kappa shape index (κ2) is 7.43. The highest BCUT2D eigenvalue weighted by Crippen LogP contribution is 2.28. The van der Waals surface area contributed by atoms with Gasteiger partial charge in [0.1, 0.15) is 5.60 Å². The van der Waals surface area contributed by atoms with Crippen molar-refractivity contribution >= 4 is 33.4 Å². The highest BCUT2D eigenvalue weighted by atomic mass is 79.9. The van der Waals surface area contributed by atoms with E-state index in [0.29, 0.717) is 6.54 Å². The van der Waals surface area contributed by atoms with Crippen LogP contribution in [0.4, 0.5) is 4.79 Å². The molecule has 1 rings (SSSR count). The number of carbonyl (C=O) groups is 1. The van der Waals surface area contributed by atoms with Crippen LogP contribution in [0.1, 0.15) is 45.5 Å². The summed E-state index contributed by atoms with van der Waals surface area (Å²) in [6.07, 6.45) is -0.378. The van der Waals surface area contributed by atoms with Gasteiger partial charge in [-0.05, 0) is 62.0 Å². The molecule has 0 saturated heterocycles. The fourth-order valence-electron chi connectivity index (χ4n) is 1.62. The maximum Gasteiger partial charge on any atom is 0.407 e. The average molecular weight is 363 g/mol. The summed E-state index contributed by atoms with van der Waals surface area (Å²) < 4.78 is 6.34. The number of alkyl carbamates (subject to hydrolysis) is 1. The standard InChI is InChI=1S/C14H23BrN2O2S/c1-9(17-13(18)19-14(3,4)5)8-16-10(2)12-11(15)6-7-20-12/h6-7,9-10,16H,8H2,1-5H3,(H,17,18). The molecule has 20 heavy (non-hydrogen) atoms. The Hall–Kier alpha value is -0.590. The number of amides is 1. The van der Waals surface area contributed by atoms with Gasteiger partial charge in [0.05, 0.1) is 0 Å².